The molecule has 114 valence electrons. The Morgan fingerprint density at radius 3 is 2.73 bits per heavy atom. The highest BCUT2D eigenvalue weighted by molar-refractivity contribution is 5.94. The quantitative estimate of drug-likeness (QED) is 0.833. The molecule has 1 saturated carbocycles. The van der Waals surface area contributed by atoms with Crippen LogP contribution in [0, 0.1) is 0 Å². The fourth-order valence-corrected chi connectivity index (χ4v) is 2.39. The number of hydrogen-bond donors (Lipinski definition) is 2. The van der Waals surface area contributed by atoms with Gasteiger partial charge in [-0.05, 0) is 43.5 Å². The highest BCUT2D eigenvalue weighted by atomic mass is 16.5. The van der Waals surface area contributed by atoms with E-state index in [1.54, 1.807) is 24.3 Å². The third kappa shape index (κ3) is 3.39. The van der Waals surface area contributed by atoms with Crippen LogP contribution in [0.1, 0.15) is 35.2 Å². The number of ether oxygens (including phenoxy) is 1. The fraction of sp³-hybridized carbons (Fsp3) is 0.278. The summed E-state index contributed by atoms with van der Waals surface area (Å²) < 4.78 is 5.97. The van der Waals surface area contributed by atoms with E-state index in [1.165, 1.54) is 6.42 Å². The van der Waals surface area contributed by atoms with E-state index >= 15 is 0 Å². The molecule has 1 fully saturated rings. The summed E-state index contributed by atoms with van der Waals surface area (Å²) in [5.41, 5.74) is 7.85. The van der Waals surface area contributed by atoms with E-state index in [4.69, 9.17) is 10.5 Å². The van der Waals surface area contributed by atoms with Gasteiger partial charge in [0.2, 0.25) is 0 Å². The zero-order valence-electron chi connectivity index (χ0n) is 12.4. The van der Waals surface area contributed by atoms with Crippen LogP contribution in [0.2, 0.25) is 0 Å². The van der Waals surface area contributed by atoms with Gasteiger partial charge in [0, 0.05) is 23.4 Å². The average molecular weight is 296 g/mol. The number of amides is 1. The first-order chi connectivity index (χ1) is 10.7. The molecule has 4 heteroatoms. The van der Waals surface area contributed by atoms with Crippen molar-refractivity contribution < 1.29 is 9.53 Å². The largest absolute Gasteiger partial charge is 0.490 e. The average Bonchev–Trinajstić information content (AvgIpc) is 2.49. The highest BCUT2D eigenvalue weighted by Crippen LogP contribution is 2.27. The lowest BCUT2D eigenvalue weighted by Gasteiger charge is -2.27. The maximum Gasteiger partial charge on any atom is 0.251 e. The lowest BCUT2D eigenvalue weighted by atomic mass is 9.96. The molecule has 0 aliphatic heterocycles. The summed E-state index contributed by atoms with van der Waals surface area (Å²) in [5, 5.41) is 2.92. The number of nitrogens with one attached hydrogen (secondary N) is 1. The van der Waals surface area contributed by atoms with Gasteiger partial charge in [-0.25, -0.2) is 0 Å². The first-order valence-electron chi connectivity index (χ1n) is 7.60. The predicted octanol–water partition coefficient (Wildman–Crippen LogP) is 3.13. The van der Waals surface area contributed by atoms with E-state index in [0.717, 1.165) is 24.2 Å². The van der Waals surface area contributed by atoms with E-state index in [-0.39, 0.29) is 5.91 Å². The van der Waals surface area contributed by atoms with Crippen molar-refractivity contribution in [2.24, 2.45) is 0 Å². The van der Waals surface area contributed by atoms with Crippen molar-refractivity contribution in [3.05, 3.63) is 59.7 Å². The molecule has 0 bridgehead atoms. The number of carbonyl (C=O) groups excluding carboxylic acids is 1. The fourth-order valence-electron chi connectivity index (χ4n) is 2.39. The van der Waals surface area contributed by atoms with E-state index < -0.39 is 0 Å². The minimum absolute atomic E-state index is 0.134. The number of hydrogen-bond acceptors (Lipinski definition) is 3. The van der Waals surface area contributed by atoms with Crippen molar-refractivity contribution in [2.75, 3.05) is 5.73 Å². The Hall–Kier alpha value is -2.49. The zero-order chi connectivity index (χ0) is 15.4. The summed E-state index contributed by atoms with van der Waals surface area (Å²) in [7, 11) is 0. The molecule has 1 aliphatic rings. The number of carbonyl (C=O) groups is 1. The minimum atomic E-state index is -0.134. The third-order valence-electron chi connectivity index (χ3n) is 3.91. The summed E-state index contributed by atoms with van der Waals surface area (Å²) in [4.78, 5) is 12.2. The summed E-state index contributed by atoms with van der Waals surface area (Å²) in [6.45, 7) is 0.441. The molecule has 2 aromatic carbocycles. The SMILES string of the molecule is Nc1cccc(C(=O)NCc2ccccc2OC2CCC2)c1. The van der Waals surface area contributed by atoms with Crippen LogP contribution in [-0.2, 0) is 6.54 Å². The first kappa shape index (κ1) is 14.4. The lowest BCUT2D eigenvalue weighted by Crippen LogP contribution is -2.26. The predicted molar refractivity (Wildman–Crippen MR) is 86.7 cm³/mol. The molecule has 1 aliphatic carbocycles. The second kappa shape index (κ2) is 6.52. The minimum Gasteiger partial charge on any atom is -0.490 e. The van der Waals surface area contributed by atoms with Crippen molar-refractivity contribution in [2.45, 2.75) is 31.9 Å². The number of rotatable bonds is 5. The van der Waals surface area contributed by atoms with Crippen LogP contribution < -0.4 is 15.8 Å². The molecule has 0 heterocycles. The van der Waals surface area contributed by atoms with Gasteiger partial charge >= 0.3 is 0 Å². The Bertz CT molecular complexity index is 666. The van der Waals surface area contributed by atoms with Crippen molar-refractivity contribution in [1.29, 1.82) is 0 Å². The molecule has 0 saturated heterocycles. The Balaban J connectivity index is 1.64. The second-order valence-electron chi connectivity index (χ2n) is 5.59. The second-order valence-corrected chi connectivity index (χ2v) is 5.59. The molecular formula is C18H20N2O2. The Morgan fingerprint density at radius 2 is 2.00 bits per heavy atom. The number of para-hydroxylation sites is 1. The van der Waals surface area contributed by atoms with Crippen LogP contribution in [0.4, 0.5) is 5.69 Å². The van der Waals surface area contributed by atoms with Gasteiger partial charge in [0.15, 0.2) is 0 Å². The molecule has 3 rings (SSSR count). The molecule has 0 aromatic heterocycles. The lowest BCUT2D eigenvalue weighted by molar-refractivity contribution is 0.0949. The zero-order valence-corrected chi connectivity index (χ0v) is 12.4. The van der Waals surface area contributed by atoms with Crippen LogP contribution in [0.3, 0.4) is 0 Å². The maximum atomic E-state index is 12.2. The summed E-state index contributed by atoms with van der Waals surface area (Å²) >= 11 is 0. The van der Waals surface area contributed by atoms with Crippen molar-refractivity contribution >= 4 is 11.6 Å². The van der Waals surface area contributed by atoms with Crippen LogP contribution in [0.5, 0.6) is 5.75 Å². The molecule has 0 spiro atoms. The number of nitrogens with two attached hydrogens (primary N) is 1. The Kier molecular flexibility index (Phi) is 4.28. The van der Waals surface area contributed by atoms with Gasteiger partial charge in [-0.1, -0.05) is 24.3 Å². The molecule has 4 nitrogen and oxygen atoms in total. The van der Waals surface area contributed by atoms with Crippen LogP contribution in [-0.4, -0.2) is 12.0 Å². The van der Waals surface area contributed by atoms with Crippen LogP contribution in [0.15, 0.2) is 48.5 Å². The molecule has 2 aromatic rings. The van der Waals surface area contributed by atoms with Crippen LogP contribution >= 0.6 is 0 Å². The molecule has 0 atom stereocenters. The van der Waals surface area contributed by atoms with E-state index in [0.29, 0.717) is 23.9 Å². The van der Waals surface area contributed by atoms with Gasteiger partial charge in [0.1, 0.15) is 5.75 Å². The summed E-state index contributed by atoms with van der Waals surface area (Å²) in [6, 6.07) is 14.8. The topological polar surface area (TPSA) is 64.4 Å². The monoisotopic (exact) mass is 296 g/mol. The molecule has 0 radical (unpaired) electrons. The number of nitrogen functional groups attached to an aromatic ring is 1. The molecule has 1 amide bonds. The van der Waals surface area contributed by atoms with Crippen molar-refractivity contribution in [3.8, 4) is 5.75 Å². The van der Waals surface area contributed by atoms with Gasteiger partial charge in [0.25, 0.3) is 5.91 Å². The third-order valence-corrected chi connectivity index (χ3v) is 3.91. The maximum absolute atomic E-state index is 12.2. The van der Waals surface area contributed by atoms with Gasteiger partial charge in [-0.2, -0.15) is 0 Å². The van der Waals surface area contributed by atoms with E-state index in [9.17, 15) is 4.79 Å². The standard InChI is InChI=1S/C18H20N2O2/c19-15-7-3-6-13(11-15)18(21)20-12-14-5-1-2-10-17(14)22-16-8-4-9-16/h1-3,5-7,10-11,16H,4,8-9,12,19H2,(H,20,21). The van der Waals surface area contributed by atoms with Gasteiger partial charge in [0.05, 0.1) is 6.10 Å². The smallest absolute Gasteiger partial charge is 0.251 e. The molecule has 0 unspecified atom stereocenters. The number of anilines is 1. The van der Waals surface area contributed by atoms with Crippen LogP contribution in [0.25, 0.3) is 0 Å². The molecular weight excluding hydrogens is 276 g/mol. The Labute approximate surface area is 130 Å². The van der Waals surface area contributed by atoms with Gasteiger partial charge < -0.3 is 15.8 Å². The van der Waals surface area contributed by atoms with Crippen molar-refractivity contribution in [3.63, 3.8) is 0 Å². The summed E-state index contributed by atoms with van der Waals surface area (Å²) in [6.07, 6.45) is 3.79. The summed E-state index contributed by atoms with van der Waals surface area (Å²) in [5.74, 6) is 0.728. The van der Waals surface area contributed by atoms with Gasteiger partial charge in [-0.3, -0.25) is 4.79 Å². The van der Waals surface area contributed by atoms with E-state index in [1.807, 2.05) is 24.3 Å². The molecule has 22 heavy (non-hydrogen) atoms. The normalized spacial score (nSPS) is 14.2. The van der Waals surface area contributed by atoms with Gasteiger partial charge in [-0.15, -0.1) is 0 Å². The Morgan fingerprint density at radius 1 is 1.18 bits per heavy atom. The van der Waals surface area contributed by atoms with Crippen molar-refractivity contribution in [1.82, 2.24) is 5.32 Å². The number of benzene rings is 2. The molecule has 3 N–H and O–H groups in total. The first-order valence-corrected chi connectivity index (χ1v) is 7.60. The highest BCUT2D eigenvalue weighted by Gasteiger charge is 2.20. The van der Waals surface area contributed by atoms with E-state index in [2.05, 4.69) is 5.32 Å².